The minimum Gasteiger partial charge on any atom is -0.359 e. The molecule has 1 fully saturated rings. The van der Waals surface area contributed by atoms with Crippen LogP contribution in [0.5, 0.6) is 0 Å². The van der Waals surface area contributed by atoms with E-state index >= 15 is 0 Å². The van der Waals surface area contributed by atoms with Crippen molar-refractivity contribution in [2.24, 2.45) is 5.92 Å². The summed E-state index contributed by atoms with van der Waals surface area (Å²) in [6, 6.07) is 4.27. The summed E-state index contributed by atoms with van der Waals surface area (Å²) in [5, 5.41) is 7.77. The molecule has 1 saturated heterocycles. The molecule has 128 valence electrons. The van der Waals surface area contributed by atoms with Crippen LogP contribution in [0.15, 0.2) is 17.5 Å². The molecule has 2 heterocycles. The Morgan fingerprint density at radius 2 is 2.09 bits per heavy atom. The summed E-state index contributed by atoms with van der Waals surface area (Å²) in [4.78, 5) is 29.1. The van der Waals surface area contributed by atoms with Crippen LogP contribution < -0.4 is 10.6 Å². The fourth-order valence-corrected chi connectivity index (χ4v) is 3.79. The van der Waals surface area contributed by atoms with Gasteiger partial charge in [-0.15, -0.1) is 11.3 Å². The number of carbonyl (C=O) groups excluding carboxylic acids is 2. The highest BCUT2D eigenvalue weighted by atomic mass is 32.1. The van der Waals surface area contributed by atoms with Crippen molar-refractivity contribution in [1.82, 2.24) is 20.4 Å². The summed E-state index contributed by atoms with van der Waals surface area (Å²) < 4.78 is 0. The van der Waals surface area contributed by atoms with Gasteiger partial charge in [0.1, 0.15) is 0 Å². The van der Waals surface area contributed by atoms with E-state index in [1.807, 2.05) is 20.2 Å². The average molecular weight is 338 g/mol. The normalized spacial score (nSPS) is 17.1. The van der Waals surface area contributed by atoms with E-state index in [0.29, 0.717) is 19.6 Å². The monoisotopic (exact) mass is 338 g/mol. The number of hydrogen-bond donors (Lipinski definition) is 2. The van der Waals surface area contributed by atoms with Crippen molar-refractivity contribution in [2.45, 2.75) is 18.9 Å². The molecule has 2 N–H and O–H groups in total. The molecule has 7 heteroatoms. The number of hydrogen-bond acceptors (Lipinski definition) is 4. The number of piperidine rings is 1. The molecule has 1 aliphatic rings. The van der Waals surface area contributed by atoms with Crippen molar-refractivity contribution >= 4 is 23.3 Å². The lowest BCUT2D eigenvalue weighted by Gasteiger charge is -2.32. The number of rotatable bonds is 5. The largest absolute Gasteiger partial charge is 0.359 e. The van der Waals surface area contributed by atoms with Crippen molar-refractivity contribution in [1.29, 1.82) is 0 Å². The van der Waals surface area contributed by atoms with Gasteiger partial charge in [0.05, 0.1) is 6.04 Å². The number of likely N-dealkylation sites (N-methyl/N-ethyl adjacent to an activating group) is 1. The highest BCUT2D eigenvalue weighted by molar-refractivity contribution is 7.10. The van der Waals surface area contributed by atoms with E-state index in [2.05, 4.69) is 27.0 Å². The maximum Gasteiger partial charge on any atom is 0.317 e. The Morgan fingerprint density at radius 3 is 2.61 bits per heavy atom. The third-order valence-corrected chi connectivity index (χ3v) is 5.31. The Kier molecular flexibility index (Phi) is 6.41. The summed E-state index contributed by atoms with van der Waals surface area (Å²) in [6.07, 6.45) is 1.46. The lowest BCUT2D eigenvalue weighted by atomic mass is 9.96. The molecule has 0 aromatic carbocycles. The van der Waals surface area contributed by atoms with E-state index in [1.165, 1.54) is 4.88 Å². The molecule has 1 atom stereocenters. The Bertz CT molecular complexity index is 510. The molecule has 0 spiro atoms. The smallest absolute Gasteiger partial charge is 0.317 e. The van der Waals surface area contributed by atoms with Gasteiger partial charge in [0.15, 0.2) is 0 Å². The SMILES string of the molecule is CNC(=O)C1CCN(C(=O)NC[C@@H](c2cccs2)N(C)C)CC1. The molecule has 1 aromatic heterocycles. The van der Waals surface area contributed by atoms with Crippen molar-refractivity contribution in [2.75, 3.05) is 40.8 Å². The first kappa shape index (κ1) is 17.7. The van der Waals surface area contributed by atoms with Crippen LogP contribution in [0.4, 0.5) is 4.79 Å². The van der Waals surface area contributed by atoms with E-state index in [4.69, 9.17) is 0 Å². The molecule has 0 bridgehead atoms. The lowest BCUT2D eigenvalue weighted by molar-refractivity contribution is -0.125. The topological polar surface area (TPSA) is 64.7 Å². The zero-order valence-electron chi connectivity index (χ0n) is 14.0. The second-order valence-electron chi connectivity index (χ2n) is 6.06. The second-order valence-corrected chi connectivity index (χ2v) is 7.04. The van der Waals surface area contributed by atoms with Crippen molar-refractivity contribution in [3.8, 4) is 0 Å². The van der Waals surface area contributed by atoms with Gasteiger partial charge in [-0.1, -0.05) is 6.07 Å². The summed E-state index contributed by atoms with van der Waals surface area (Å²) >= 11 is 1.70. The summed E-state index contributed by atoms with van der Waals surface area (Å²) in [7, 11) is 5.70. The highest BCUT2D eigenvalue weighted by Crippen LogP contribution is 2.22. The molecular formula is C16H26N4O2S. The van der Waals surface area contributed by atoms with Crippen LogP contribution in [0.2, 0.25) is 0 Å². The Balaban J connectivity index is 1.82. The number of carbonyl (C=O) groups is 2. The maximum absolute atomic E-state index is 12.3. The maximum atomic E-state index is 12.3. The Labute approximate surface area is 141 Å². The molecule has 2 rings (SSSR count). The van der Waals surface area contributed by atoms with Gasteiger partial charge in [-0.25, -0.2) is 4.79 Å². The van der Waals surface area contributed by atoms with Gasteiger partial charge in [0.25, 0.3) is 0 Å². The molecular weight excluding hydrogens is 312 g/mol. The lowest BCUT2D eigenvalue weighted by Crippen LogP contribution is -2.48. The van der Waals surface area contributed by atoms with Crippen LogP contribution >= 0.6 is 11.3 Å². The highest BCUT2D eigenvalue weighted by Gasteiger charge is 2.27. The Hall–Kier alpha value is -1.60. The van der Waals surface area contributed by atoms with E-state index in [1.54, 1.807) is 23.3 Å². The molecule has 0 saturated carbocycles. The van der Waals surface area contributed by atoms with Crippen LogP contribution in [0.25, 0.3) is 0 Å². The quantitative estimate of drug-likeness (QED) is 0.855. The van der Waals surface area contributed by atoms with Gasteiger partial charge in [-0.05, 0) is 38.4 Å². The minimum atomic E-state index is -0.0382. The predicted octanol–water partition coefficient (Wildman–Crippen LogP) is 1.52. The van der Waals surface area contributed by atoms with Crippen molar-refractivity contribution < 1.29 is 9.59 Å². The molecule has 0 unspecified atom stereocenters. The fraction of sp³-hybridized carbons (Fsp3) is 0.625. The van der Waals surface area contributed by atoms with Crippen LogP contribution in [0, 0.1) is 5.92 Å². The zero-order chi connectivity index (χ0) is 16.8. The molecule has 6 nitrogen and oxygen atoms in total. The van der Waals surface area contributed by atoms with Gasteiger partial charge < -0.3 is 20.4 Å². The van der Waals surface area contributed by atoms with E-state index in [-0.39, 0.29) is 23.9 Å². The molecule has 1 aromatic rings. The standard InChI is InChI=1S/C16H26N4O2S/c1-17-15(21)12-6-8-20(9-7-12)16(22)18-11-13(19(2)3)14-5-4-10-23-14/h4-5,10,12-13H,6-9,11H2,1-3H3,(H,17,21)(H,18,22)/t13-/m0/s1. The van der Waals surface area contributed by atoms with Crippen molar-refractivity contribution in [3.63, 3.8) is 0 Å². The zero-order valence-corrected chi connectivity index (χ0v) is 14.9. The van der Waals surface area contributed by atoms with Crippen LogP contribution in [0.1, 0.15) is 23.8 Å². The summed E-state index contributed by atoms with van der Waals surface area (Å²) in [5.74, 6) is 0.111. The molecule has 3 amide bonds. The third-order valence-electron chi connectivity index (χ3n) is 4.34. The molecule has 0 aliphatic carbocycles. The number of thiophene rings is 1. The Morgan fingerprint density at radius 1 is 1.39 bits per heavy atom. The summed E-state index contributed by atoms with van der Waals surface area (Å²) in [5.41, 5.74) is 0. The van der Waals surface area contributed by atoms with Crippen LogP contribution in [0.3, 0.4) is 0 Å². The van der Waals surface area contributed by atoms with Crippen LogP contribution in [-0.4, -0.2) is 62.5 Å². The number of nitrogens with one attached hydrogen (secondary N) is 2. The predicted molar refractivity (Wildman–Crippen MR) is 92.5 cm³/mol. The minimum absolute atomic E-state index is 0.0321. The van der Waals surface area contributed by atoms with Gasteiger partial charge in [-0.2, -0.15) is 0 Å². The third kappa shape index (κ3) is 4.68. The van der Waals surface area contributed by atoms with Crippen LogP contribution in [-0.2, 0) is 4.79 Å². The van der Waals surface area contributed by atoms with Gasteiger partial charge in [0, 0.05) is 37.5 Å². The second kappa shape index (κ2) is 8.31. The van der Waals surface area contributed by atoms with E-state index in [9.17, 15) is 9.59 Å². The number of amides is 3. The first-order valence-electron chi connectivity index (χ1n) is 7.97. The van der Waals surface area contributed by atoms with E-state index in [0.717, 1.165) is 12.8 Å². The van der Waals surface area contributed by atoms with Gasteiger partial charge in [0.2, 0.25) is 5.91 Å². The van der Waals surface area contributed by atoms with E-state index < -0.39 is 0 Å². The first-order valence-corrected chi connectivity index (χ1v) is 8.85. The molecule has 23 heavy (non-hydrogen) atoms. The number of nitrogens with zero attached hydrogens (tertiary/aromatic N) is 2. The number of likely N-dealkylation sites (tertiary alicyclic amines) is 1. The van der Waals surface area contributed by atoms with Crippen molar-refractivity contribution in [3.05, 3.63) is 22.4 Å². The molecule has 1 aliphatic heterocycles. The number of urea groups is 1. The summed E-state index contributed by atoms with van der Waals surface area (Å²) in [6.45, 7) is 1.85. The first-order chi connectivity index (χ1) is 11.0. The van der Waals surface area contributed by atoms with Gasteiger partial charge >= 0.3 is 6.03 Å². The molecule has 0 radical (unpaired) electrons. The fourth-order valence-electron chi connectivity index (χ4n) is 2.86. The average Bonchev–Trinajstić information content (AvgIpc) is 3.08. The van der Waals surface area contributed by atoms with Gasteiger partial charge in [-0.3, -0.25) is 4.79 Å².